The monoisotopic (exact) mass is 537 g/mol. The summed E-state index contributed by atoms with van der Waals surface area (Å²) >= 11 is 0. The van der Waals surface area contributed by atoms with E-state index in [1.54, 1.807) is 24.3 Å². The summed E-state index contributed by atoms with van der Waals surface area (Å²) in [5.74, 6) is 0.147. The first-order valence-electron chi connectivity index (χ1n) is 13.4. The molecule has 0 saturated heterocycles. The van der Waals surface area contributed by atoms with E-state index >= 15 is 0 Å². The van der Waals surface area contributed by atoms with Crippen LogP contribution in [0.2, 0.25) is 0 Å². The first-order valence-corrected chi connectivity index (χ1v) is 13.4. The quantitative estimate of drug-likeness (QED) is 0.0928. The van der Waals surface area contributed by atoms with Crippen LogP contribution in [0.3, 0.4) is 0 Å². The number of rotatable bonds is 8. The molecule has 0 radical (unpaired) electrons. The highest BCUT2D eigenvalue weighted by Gasteiger charge is 2.13. The van der Waals surface area contributed by atoms with Crippen LogP contribution in [0, 0.1) is 13.8 Å². The molecule has 4 nitrogen and oxygen atoms in total. The molecule has 0 heterocycles. The predicted molar refractivity (Wildman–Crippen MR) is 168 cm³/mol. The van der Waals surface area contributed by atoms with Gasteiger partial charge in [-0.2, -0.15) is 0 Å². The maximum Gasteiger partial charge on any atom is 0.335 e. The second-order valence-electron chi connectivity index (χ2n) is 9.85. The molecule has 5 aromatic rings. The number of carbonyl (C=O) groups is 1. The number of carbonyl (C=O) groups excluding carboxylic acids is 1. The standard InChI is InChI=1S/C37H31NO3/c1-4-37(40)41-35-23-13-30(14-24-35)36(29-11-21-34(39)22-12-29)25-28-9-19-33(20-10-28)38(31-15-5-26(2)6-16-31)32-17-7-27(3)8-18-32/h4-25,39H,1H2,2-3H3. The van der Waals surface area contributed by atoms with E-state index in [1.807, 2.05) is 24.3 Å². The summed E-state index contributed by atoms with van der Waals surface area (Å²) in [5, 5.41) is 9.86. The van der Waals surface area contributed by atoms with E-state index in [0.717, 1.165) is 45.4 Å². The van der Waals surface area contributed by atoms with Crippen molar-refractivity contribution >= 4 is 34.7 Å². The zero-order valence-electron chi connectivity index (χ0n) is 23.1. The molecule has 0 fully saturated rings. The Bertz CT molecular complexity index is 1620. The molecule has 0 bridgehead atoms. The third-order valence-corrected chi connectivity index (χ3v) is 6.78. The lowest BCUT2D eigenvalue weighted by molar-refractivity contribution is -0.128. The predicted octanol–water partition coefficient (Wildman–Crippen LogP) is 9.16. The van der Waals surface area contributed by atoms with Crippen LogP contribution in [0.15, 0.2) is 134 Å². The van der Waals surface area contributed by atoms with Gasteiger partial charge >= 0.3 is 5.97 Å². The summed E-state index contributed by atoms with van der Waals surface area (Å²) in [4.78, 5) is 13.8. The Kier molecular flexibility index (Phi) is 8.12. The number of aryl methyl sites for hydroxylation is 2. The van der Waals surface area contributed by atoms with E-state index in [0.29, 0.717) is 5.75 Å². The molecule has 4 heteroatoms. The fourth-order valence-corrected chi connectivity index (χ4v) is 4.56. The minimum Gasteiger partial charge on any atom is -0.508 e. The number of benzene rings is 5. The third kappa shape index (κ3) is 6.63. The van der Waals surface area contributed by atoms with Crippen LogP contribution < -0.4 is 9.64 Å². The Hall–Kier alpha value is -5.35. The first kappa shape index (κ1) is 27.2. The molecule has 0 amide bonds. The Labute approximate surface area is 241 Å². The number of aromatic hydroxyl groups is 1. The molecule has 0 unspecified atom stereocenters. The maximum atomic E-state index is 11.6. The minimum atomic E-state index is -0.502. The van der Waals surface area contributed by atoms with Gasteiger partial charge in [0.1, 0.15) is 11.5 Å². The smallest absolute Gasteiger partial charge is 0.335 e. The lowest BCUT2D eigenvalue weighted by Crippen LogP contribution is -2.09. The molecule has 0 aromatic heterocycles. The van der Waals surface area contributed by atoms with E-state index < -0.39 is 5.97 Å². The van der Waals surface area contributed by atoms with Gasteiger partial charge < -0.3 is 14.7 Å². The number of phenolic OH excluding ortho intramolecular Hbond substituents is 1. The molecule has 0 aliphatic rings. The molecule has 0 atom stereocenters. The largest absolute Gasteiger partial charge is 0.508 e. The van der Waals surface area contributed by atoms with Crippen LogP contribution in [0.5, 0.6) is 11.5 Å². The van der Waals surface area contributed by atoms with Gasteiger partial charge in [-0.1, -0.05) is 78.4 Å². The zero-order valence-corrected chi connectivity index (χ0v) is 23.1. The van der Waals surface area contributed by atoms with Gasteiger partial charge in [0.05, 0.1) is 0 Å². The average Bonchev–Trinajstić information content (AvgIpc) is 3.00. The average molecular weight is 538 g/mol. The molecule has 5 aromatic carbocycles. The number of nitrogens with zero attached hydrogens (tertiary/aromatic N) is 1. The van der Waals surface area contributed by atoms with E-state index in [4.69, 9.17) is 4.74 Å². The van der Waals surface area contributed by atoms with Crippen molar-refractivity contribution in [1.82, 2.24) is 0 Å². The van der Waals surface area contributed by atoms with Crippen LogP contribution >= 0.6 is 0 Å². The van der Waals surface area contributed by atoms with Crippen molar-refractivity contribution < 1.29 is 14.6 Å². The molecule has 0 spiro atoms. The Morgan fingerprint density at radius 3 is 1.56 bits per heavy atom. The number of hydrogen-bond donors (Lipinski definition) is 1. The summed E-state index contributed by atoms with van der Waals surface area (Å²) in [6.07, 6.45) is 3.25. The van der Waals surface area contributed by atoms with Gasteiger partial charge in [0.2, 0.25) is 0 Å². The van der Waals surface area contributed by atoms with Crippen LogP contribution in [0.25, 0.3) is 11.6 Å². The second-order valence-corrected chi connectivity index (χ2v) is 9.85. The lowest BCUT2D eigenvalue weighted by atomic mass is 9.95. The summed E-state index contributed by atoms with van der Waals surface area (Å²) in [6.45, 7) is 7.63. The molecule has 1 N–H and O–H groups in total. The Balaban J connectivity index is 1.52. The Morgan fingerprint density at radius 2 is 1.10 bits per heavy atom. The fraction of sp³-hybridized carbons (Fsp3) is 0.0541. The van der Waals surface area contributed by atoms with Gasteiger partial charge in [-0.15, -0.1) is 0 Å². The van der Waals surface area contributed by atoms with Crippen molar-refractivity contribution in [1.29, 1.82) is 0 Å². The van der Waals surface area contributed by atoms with Gasteiger partial charge in [0.15, 0.2) is 0 Å². The molecule has 0 saturated carbocycles. The number of anilines is 3. The van der Waals surface area contributed by atoms with E-state index in [-0.39, 0.29) is 5.75 Å². The zero-order chi connectivity index (χ0) is 28.8. The molecule has 41 heavy (non-hydrogen) atoms. The third-order valence-electron chi connectivity index (χ3n) is 6.78. The van der Waals surface area contributed by atoms with E-state index in [2.05, 4.69) is 104 Å². The normalized spacial score (nSPS) is 11.1. The molecular weight excluding hydrogens is 506 g/mol. The van der Waals surface area contributed by atoms with Crippen molar-refractivity contribution in [3.63, 3.8) is 0 Å². The van der Waals surface area contributed by atoms with Crippen molar-refractivity contribution in [3.05, 3.63) is 162 Å². The van der Waals surface area contributed by atoms with Crippen molar-refractivity contribution in [2.24, 2.45) is 0 Å². The fourth-order valence-electron chi connectivity index (χ4n) is 4.56. The van der Waals surface area contributed by atoms with Crippen molar-refractivity contribution in [2.45, 2.75) is 13.8 Å². The first-order chi connectivity index (χ1) is 19.9. The van der Waals surface area contributed by atoms with Gasteiger partial charge in [-0.25, -0.2) is 4.79 Å². The molecule has 0 aliphatic heterocycles. The topological polar surface area (TPSA) is 49.8 Å². The minimum absolute atomic E-state index is 0.205. The van der Waals surface area contributed by atoms with Crippen molar-refractivity contribution in [2.75, 3.05) is 4.90 Å². The summed E-state index contributed by atoms with van der Waals surface area (Å²) < 4.78 is 5.25. The van der Waals surface area contributed by atoms with E-state index in [1.165, 1.54) is 11.1 Å². The molecule has 202 valence electrons. The van der Waals surface area contributed by atoms with Crippen LogP contribution in [-0.4, -0.2) is 11.1 Å². The number of ether oxygens (including phenoxy) is 1. The van der Waals surface area contributed by atoms with Gasteiger partial charge in [-0.05, 0) is 103 Å². The summed E-state index contributed by atoms with van der Waals surface area (Å²) in [6, 6.07) is 40.0. The highest BCUT2D eigenvalue weighted by molar-refractivity contribution is 5.92. The second kappa shape index (κ2) is 12.2. The van der Waals surface area contributed by atoms with Crippen molar-refractivity contribution in [3.8, 4) is 11.5 Å². The van der Waals surface area contributed by atoms with Crippen LogP contribution in [0.4, 0.5) is 17.1 Å². The summed E-state index contributed by atoms with van der Waals surface area (Å²) in [7, 11) is 0. The number of hydrogen-bond acceptors (Lipinski definition) is 4. The van der Waals surface area contributed by atoms with Gasteiger partial charge in [0, 0.05) is 23.1 Å². The molecular formula is C37H31NO3. The lowest BCUT2D eigenvalue weighted by Gasteiger charge is -2.26. The molecule has 5 rings (SSSR count). The molecule has 0 aliphatic carbocycles. The SMILES string of the molecule is C=CC(=O)Oc1ccc(C(=Cc2ccc(N(c3ccc(C)cc3)c3ccc(C)cc3)cc2)c2ccc(O)cc2)cc1. The number of esters is 1. The van der Waals surface area contributed by atoms with Crippen LogP contribution in [0.1, 0.15) is 27.8 Å². The number of phenols is 1. The summed E-state index contributed by atoms with van der Waals surface area (Å²) in [5.41, 5.74) is 9.53. The van der Waals surface area contributed by atoms with Crippen LogP contribution in [-0.2, 0) is 4.79 Å². The highest BCUT2D eigenvalue weighted by Crippen LogP contribution is 2.36. The Morgan fingerprint density at radius 1 is 0.659 bits per heavy atom. The van der Waals surface area contributed by atoms with E-state index in [9.17, 15) is 9.90 Å². The highest BCUT2D eigenvalue weighted by atomic mass is 16.5. The maximum absolute atomic E-state index is 11.6. The van der Waals surface area contributed by atoms with Gasteiger partial charge in [0.25, 0.3) is 0 Å². The van der Waals surface area contributed by atoms with Gasteiger partial charge in [-0.3, -0.25) is 0 Å².